The fraction of sp³-hybridized carbons (Fsp3) is 0.444. The van der Waals surface area contributed by atoms with Gasteiger partial charge in [0.15, 0.2) is 5.65 Å². The number of aromatic nitrogens is 3. The van der Waals surface area contributed by atoms with E-state index in [-0.39, 0.29) is 0 Å². The number of anilines is 1. The predicted molar refractivity (Wildman–Crippen MR) is 101 cm³/mol. The van der Waals surface area contributed by atoms with Crippen molar-refractivity contribution in [1.29, 1.82) is 0 Å². The van der Waals surface area contributed by atoms with Gasteiger partial charge >= 0.3 is 0 Å². The molecule has 5 nitrogen and oxygen atoms in total. The van der Waals surface area contributed by atoms with Gasteiger partial charge < -0.3 is 10.2 Å². The number of rotatable bonds is 8. The second-order valence-corrected chi connectivity index (χ2v) is 6.99. The summed E-state index contributed by atoms with van der Waals surface area (Å²) in [5, 5.41) is 10.4. The van der Waals surface area contributed by atoms with Crippen molar-refractivity contribution in [3.8, 4) is 10.6 Å². The molecule has 3 heterocycles. The molecule has 0 saturated carbocycles. The SMILES string of the molecule is CC[NH+](CC)CCCNc1cc(C)nc2cc(-c3cccs3)nn12. The molecule has 0 aliphatic carbocycles. The van der Waals surface area contributed by atoms with Gasteiger partial charge in [-0.1, -0.05) is 6.07 Å². The Balaban J connectivity index is 1.75. The molecule has 0 aliphatic rings. The van der Waals surface area contributed by atoms with Crippen LogP contribution in [-0.4, -0.2) is 40.8 Å². The Morgan fingerprint density at radius 1 is 1.25 bits per heavy atom. The summed E-state index contributed by atoms with van der Waals surface area (Å²) in [6, 6.07) is 8.28. The first-order chi connectivity index (χ1) is 11.7. The number of quaternary nitrogens is 1. The van der Waals surface area contributed by atoms with E-state index >= 15 is 0 Å². The lowest BCUT2D eigenvalue weighted by atomic mass is 10.3. The number of fused-ring (bicyclic) bond motifs is 1. The van der Waals surface area contributed by atoms with Gasteiger partial charge in [0.1, 0.15) is 11.5 Å². The highest BCUT2D eigenvalue weighted by Gasteiger charge is 2.10. The highest BCUT2D eigenvalue weighted by Crippen LogP contribution is 2.25. The van der Waals surface area contributed by atoms with Crippen LogP contribution in [0.25, 0.3) is 16.2 Å². The Hall–Kier alpha value is -1.92. The van der Waals surface area contributed by atoms with E-state index in [1.807, 2.05) is 11.4 Å². The summed E-state index contributed by atoms with van der Waals surface area (Å²) in [5.74, 6) is 1.02. The van der Waals surface area contributed by atoms with Crippen LogP contribution < -0.4 is 10.2 Å². The van der Waals surface area contributed by atoms with Crippen LogP contribution in [0.15, 0.2) is 29.6 Å². The minimum absolute atomic E-state index is 0.898. The zero-order valence-electron chi connectivity index (χ0n) is 14.7. The normalized spacial score (nSPS) is 11.5. The molecule has 0 spiro atoms. The van der Waals surface area contributed by atoms with E-state index in [0.717, 1.165) is 35.8 Å². The van der Waals surface area contributed by atoms with E-state index in [2.05, 4.69) is 53.8 Å². The first-order valence-corrected chi connectivity index (χ1v) is 9.58. The maximum absolute atomic E-state index is 4.74. The summed E-state index contributed by atoms with van der Waals surface area (Å²) in [5.41, 5.74) is 2.89. The lowest BCUT2D eigenvalue weighted by molar-refractivity contribution is -0.896. The third-order valence-electron chi connectivity index (χ3n) is 4.34. The van der Waals surface area contributed by atoms with Crippen molar-refractivity contribution in [2.24, 2.45) is 0 Å². The topological polar surface area (TPSA) is 46.7 Å². The lowest BCUT2D eigenvalue weighted by Crippen LogP contribution is -3.11. The Bertz CT molecular complexity index is 774. The molecule has 0 unspecified atom stereocenters. The van der Waals surface area contributed by atoms with E-state index in [1.165, 1.54) is 24.5 Å². The van der Waals surface area contributed by atoms with Crippen molar-refractivity contribution in [3.63, 3.8) is 0 Å². The van der Waals surface area contributed by atoms with Crippen LogP contribution in [0.3, 0.4) is 0 Å². The van der Waals surface area contributed by atoms with Gasteiger partial charge in [0.2, 0.25) is 0 Å². The van der Waals surface area contributed by atoms with Crippen LogP contribution in [-0.2, 0) is 0 Å². The van der Waals surface area contributed by atoms with E-state index < -0.39 is 0 Å². The fourth-order valence-corrected chi connectivity index (χ4v) is 3.61. The molecule has 3 rings (SSSR count). The molecular weight excluding hydrogens is 318 g/mol. The van der Waals surface area contributed by atoms with Crippen molar-refractivity contribution >= 4 is 22.8 Å². The summed E-state index contributed by atoms with van der Waals surface area (Å²) in [6.45, 7) is 11.1. The maximum atomic E-state index is 4.74. The zero-order valence-corrected chi connectivity index (χ0v) is 15.5. The quantitative estimate of drug-likeness (QED) is 0.617. The fourth-order valence-electron chi connectivity index (χ4n) is 2.93. The van der Waals surface area contributed by atoms with Crippen molar-refractivity contribution < 1.29 is 4.90 Å². The Morgan fingerprint density at radius 2 is 2.08 bits per heavy atom. The van der Waals surface area contributed by atoms with E-state index in [4.69, 9.17) is 5.10 Å². The van der Waals surface area contributed by atoms with Gasteiger partial charge in [-0.25, -0.2) is 4.98 Å². The number of hydrogen-bond acceptors (Lipinski definition) is 4. The standard InChI is InChI=1S/C18H25N5S/c1-4-22(5-2)10-7-9-19-17-12-14(3)20-18-13-15(21-23(17)18)16-8-6-11-24-16/h6,8,11-13,19H,4-5,7,9-10H2,1-3H3/p+1. The minimum atomic E-state index is 0.898. The molecular formula is C18H26N5S+. The van der Waals surface area contributed by atoms with Gasteiger partial charge in [-0.2, -0.15) is 9.61 Å². The van der Waals surface area contributed by atoms with Gasteiger partial charge in [-0.3, -0.25) is 0 Å². The van der Waals surface area contributed by atoms with Gasteiger partial charge in [-0.05, 0) is 32.2 Å². The molecule has 3 aromatic rings. The smallest absolute Gasteiger partial charge is 0.158 e. The lowest BCUT2D eigenvalue weighted by Gasteiger charge is -2.15. The minimum Gasteiger partial charge on any atom is -0.370 e. The number of nitrogens with one attached hydrogen (secondary N) is 2. The molecule has 0 atom stereocenters. The molecule has 6 heteroatoms. The van der Waals surface area contributed by atoms with Crippen LogP contribution in [0.2, 0.25) is 0 Å². The molecule has 0 radical (unpaired) electrons. The molecule has 0 fully saturated rings. The summed E-state index contributed by atoms with van der Waals surface area (Å²) < 4.78 is 1.92. The first kappa shape index (κ1) is 16.9. The highest BCUT2D eigenvalue weighted by atomic mass is 32.1. The summed E-state index contributed by atoms with van der Waals surface area (Å²) in [4.78, 5) is 7.43. The number of thiophene rings is 1. The Labute approximate surface area is 147 Å². The third-order valence-corrected chi connectivity index (χ3v) is 5.23. The van der Waals surface area contributed by atoms with Gasteiger partial charge in [-0.15, -0.1) is 11.3 Å². The zero-order chi connectivity index (χ0) is 16.9. The molecule has 0 aliphatic heterocycles. The second-order valence-electron chi connectivity index (χ2n) is 6.05. The molecule has 0 bridgehead atoms. The summed E-state index contributed by atoms with van der Waals surface area (Å²) in [7, 11) is 0. The largest absolute Gasteiger partial charge is 0.370 e. The van der Waals surface area contributed by atoms with Crippen molar-refractivity contribution in [2.45, 2.75) is 27.2 Å². The average Bonchev–Trinajstić information content (AvgIpc) is 3.23. The van der Waals surface area contributed by atoms with Crippen LogP contribution in [0.5, 0.6) is 0 Å². The predicted octanol–water partition coefficient (Wildman–Crippen LogP) is 2.49. The summed E-state index contributed by atoms with van der Waals surface area (Å²) in [6.07, 6.45) is 1.15. The van der Waals surface area contributed by atoms with Crippen LogP contribution in [0, 0.1) is 6.92 Å². The van der Waals surface area contributed by atoms with E-state index in [1.54, 1.807) is 16.2 Å². The number of hydrogen-bond donors (Lipinski definition) is 2. The van der Waals surface area contributed by atoms with Gasteiger partial charge in [0.05, 0.1) is 24.5 Å². The highest BCUT2D eigenvalue weighted by molar-refractivity contribution is 7.13. The van der Waals surface area contributed by atoms with Crippen LogP contribution >= 0.6 is 11.3 Å². The second kappa shape index (κ2) is 7.77. The Morgan fingerprint density at radius 3 is 2.79 bits per heavy atom. The average molecular weight is 345 g/mol. The third kappa shape index (κ3) is 3.76. The van der Waals surface area contributed by atoms with Crippen molar-refractivity contribution in [1.82, 2.24) is 14.6 Å². The molecule has 0 saturated heterocycles. The first-order valence-electron chi connectivity index (χ1n) is 8.70. The summed E-state index contributed by atoms with van der Waals surface area (Å²) >= 11 is 1.70. The molecule has 128 valence electrons. The van der Waals surface area contributed by atoms with Gasteiger partial charge in [0, 0.05) is 30.8 Å². The van der Waals surface area contributed by atoms with E-state index in [9.17, 15) is 0 Å². The van der Waals surface area contributed by atoms with Crippen molar-refractivity contribution in [3.05, 3.63) is 35.3 Å². The molecule has 0 amide bonds. The van der Waals surface area contributed by atoms with E-state index in [0.29, 0.717) is 0 Å². The maximum Gasteiger partial charge on any atom is 0.158 e. The molecule has 3 aromatic heterocycles. The molecule has 0 aromatic carbocycles. The number of aryl methyl sites for hydroxylation is 1. The van der Waals surface area contributed by atoms with Gasteiger partial charge in [0.25, 0.3) is 0 Å². The number of nitrogens with zero attached hydrogens (tertiary/aromatic N) is 3. The Kier molecular flexibility index (Phi) is 5.48. The van der Waals surface area contributed by atoms with Crippen molar-refractivity contribution in [2.75, 3.05) is 31.5 Å². The van der Waals surface area contributed by atoms with Crippen LogP contribution in [0.1, 0.15) is 26.0 Å². The molecule has 24 heavy (non-hydrogen) atoms. The monoisotopic (exact) mass is 344 g/mol. The van der Waals surface area contributed by atoms with Crippen LogP contribution in [0.4, 0.5) is 5.82 Å². The molecule has 2 N–H and O–H groups in total.